The molecule has 0 bridgehead atoms. The number of aryl methyl sites for hydroxylation is 6. The van der Waals surface area contributed by atoms with E-state index in [1.54, 1.807) is 0 Å². The minimum Gasteiger partial charge on any atom is -0.229 e. The highest BCUT2D eigenvalue weighted by Gasteiger charge is 2.17. The van der Waals surface area contributed by atoms with Gasteiger partial charge in [-0.1, -0.05) is 72.8 Å². The summed E-state index contributed by atoms with van der Waals surface area (Å²) in [6, 6.07) is 35.1. The molecule has 0 saturated heterocycles. The van der Waals surface area contributed by atoms with Crippen LogP contribution >= 0.6 is 0 Å². The van der Waals surface area contributed by atoms with E-state index < -0.39 is 0 Å². The smallest absolute Gasteiger partial charge is 0.229 e. The van der Waals surface area contributed by atoms with Crippen LogP contribution in [-0.2, 0) is 39.0 Å². The lowest BCUT2D eigenvalue weighted by Gasteiger charge is -1.99. The van der Waals surface area contributed by atoms with Crippen molar-refractivity contribution in [3.05, 3.63) is 144 Å². The SMILES string of the molecule is Cc1ccc2c(c1)n(CCc1ccccc1)c[n+]2C/C=C\C[n+]1cn(CCc2ccccc2)c2cc(C)ccc21. The van der Waals surface area contributed by atoms with E-state index in [0.717, 1.165) is 39.0 Å². The van der Waals surface area contributed by atoms with Gasteiger partial charge in [0.15, 0.2) is 22.1 Å². The van der Waals surface area contributed by atoms with Crippen molar-refractivity contribution in [3.63, 3.8) is 0 Å². The van der Waals surface area contributed by atoms with Gasteiger partial charge in [0.2, 0.25) is 12.7 Å². The first-order valence-electron chi connectivity index (χ1n) is 14.3. The molecule has 0 spiro atoms. The van der Waals surface area contributed by atoms with Crippen LogP contribution in [-0.4, -0.2) is 9.13 Å². The third-order valence-corrected chi connectivity index (χ3v) is 7.80. The molecule has 0 amide bonds. The van der Waals surface area contributed by atoms with E-state index in [1.807, 2.05) is 0 Å². The molecule has 0 fully saturated rings. The van der Waals surface area contributed by atoms with E-state index in [0.29, 0.717) is 0 Å². The van der Waals surface area contributed by atoms with Crippen molar-refractivity contribution in [3.8, 4) is 0 Å². The van der Waals surface area contributed by atoms with Gasteiger partial charge in [-0.15, -0.1) is 0 Å². The molecule has 2 heterocycles. The van der Waals surface area contributed by atoms with Gasteiger partial charge in [-0.3, -0.25) is 0 Å². The summed E-state index contributed by atoms with van der Waals surface area (Å²) < 4.78 is 9.54. The van der Waals surface area contributed by atoms with Gasteiger partial charge in [-0.05, 0) is 72.5 Å². The van der Waals surface area contributed by atoms with Crippen molar-refractivity contribution in [2.24, 2.45) is 0 Å². The van der Waals surface area contributed by atoms with Gasteiger partial charge in [-0.2, -0.15) is 0 Å². The zero-order valence-corrected chi connectivity index (χ0v) is 23.6. The number of imidazole rings is 2. The maximum atomic E-state index is 2.40. The summed E-state index contributed by atoms with van der Waals surface area (Å²) in [5.74, 6) is 0. The summed E-state index contributed by atoms with van der Waals surface area (Å²) >= 11 is 0. The minimum absolute atomic E-state index is 0.851. The van der Waals surface area contributed by atoms with E-state index in [-0.39, 0.29) is 0 Å². The second-order valence-electron chi connectivity index (χ2n) is 10.8. The normalized spacial score (nSPS) is 11.8. The largest absolute Gasteiger partial charge is 0.245 e. The number of nitrogens with zero attached hydrogens (tertiary/aromatic N) is 4. The third-order valence-electron chi connectivity index (χ3n) is 7.80. The number of fused-ring (bicyclic) bond motifs is 2. The predicted octanol–water partition coefficient (Wildman–Crippen LogP) is 6.53. The Morgan fingerprint density at radius 3 is 1.40 bits per heavy atom. The highest BCUT2D eigenvalue weighted by Crippen LogP contribution is 2.16. The van der Waals surface area contributed by atoms with E-state index in [2.05, 4.69) is 154 Å². The van der Waals surface area contributed by atoms with E-state index in [1.165, 1.54) is 44.3 Å². The molecule has 200 valence electrons. The molecule has 4 heteroatoms. The second kappa shape index (κ2) is 11.7. The molecular formula is C36H38N4+2. The van der Waals surface area contributed by atoms with Crippen LogP contribution in [0.4, 0.5) is 0 Å². The predicted molar refractivity (Wildman–Crippen MR) is 163 cm³/mol. The van der Waals surface area contributed by atoms with Crippen LogP contribution in [0.5, 0.6) is 0 Å². The molecular weight excluding hydrogens is 488 g/mol. The number of aromatic nitrogens is 4. The van der Waals surface area contributed by atoms with Gasteiger partial charge in [0.25, 0.3) is 0 Å². The van der Waals surface area contributed by atoms with Crippen molar-refractivity contribution >= 4 is 22.1 Å². The van der Waals surface area contributed by atoms with E-state index in [4.69, 9.17) is 0 Å². The number of rotatable bonds is 10. The van der Waals surface area contributed by atoms with Crippen molar-refractivity contribution in [2.75, 3.05) is 0 Å². The summed E-state index contributed by atoms with van der Waals surface area (Å²) in [5.41, 5.74) is 10.5. The third kappa shape index (κ3) is 5.76. The van der Waals surface area contributed by atoms with Gasteiger partial charge >= 0.3 is 0 Å². The average Bonchev–Trinajstić information content (AvgIpc) is 3.50. The Labute approximate surface area is 237 Å². The van der Waals surface area contributed by atoms with Gasteiger partial charge < -0.3 is 0 Å². The Hall–Kier alpha value is -4.44. The lowest BCUT2D eigenvalue weighted by atomic mass is 10.1. The Morgan fingerprint density at radius 2 is 0.975 bits per heavy atom. The van der Waals surface area contributed by atoms with Crippen molar-refractivity contribution in [1.82, 2.24) is 9.13 Å². The highest BCUT2D eigenvalue weighted by molar-refractivity contribution is 5.73. The van der Waals surface area contributed by atoms with Crippen LogP contribution in [0, 0.1) is 13.8 Å². The Balaban J connectivity index is 1.18. The van der Waals surface area contributed by atoms with E-state index in [9.17, 15) is 0 Å². The Bertz CT molecular complexity index is 1630. The summed E-state index contributed by atoms with van der Waals surface area (Å²) in [7, 11) is 0. The first-order chi connectivity index (χ1) is 19.6. The topological polar surface area (TPSA) is 17.6 Å². The molecule has 0 unspecified atom stereocenters. The summed E-state index contributed by atoms with van der Waals surface area (Å²) in [6.07, 6.45) is 11.2. The maximum absolute atomic E-state index is 2.40. The van der Waals surface area contributed by atoms with E-state index >= 15 is 0 Å². The van der Waals surface area contributed by atoms with Gasteiger partial charge in [0.05, 0.1) is 13.1 Å². The van der Waals surface area contributed by atoms with Crippen molar-refractivity contribution < 1.29 is 9.13 Å². The van der Waals surface area contributed by atoms with Crippen molar-refractivity contribution in [1.29, 1.82) is 0 Å². The lowest BCUT2D eigenvalue weighted by Crippen LogP contribution is -2.33. The molecule has 0 N–H and O–H groups in total. The first kappa shape index (κ1) is 25.8. The van der Waals surface area contributed by atoms with Crippen LogP contribution in [0.3, 0.4) is 0 Å². The molecule has 2 aromatic heterocycles. The monoisotopic (exact) mass is 526 g/mol. The number of allylic oxidation sites excluding steroid dienone is 2. The standard InChI is InChI=1S/C36H38N4/c1-29-15-17-33-35(25-29)39(23-19-31-11-5-3-6-12-31)27-37(33)21-9-10-22-38-28-40(24-20-32-13-7-4-8-14-32)36-26-30(2)16-18-34(36)38/h3-18,25-28H,19-24H2,1-2H3/q+2/b10-9-. The molecule has 0 aliphatic rings. The maximum Gasteiger partial charge on any atom is 0.245 e. The van der Waals surface area contributed by atoms with Crippen molar-refractivity contribution in [2.45, 2.75) is 52.9 Å². The fraction of sp³-hybridized carbons (Fsp3) is 0.222. The van der Waals surface area contributed by atoms with Gasteiger partial charge in [-0.25, -0.2) is 18.3 Å². The fourth-order valence-corrected chi connectivity index (χ4v) is 5.61. The van der Waals surface area contributed by atoms with Gasteiger partial charge in [0.1, 0.15) is 13.1 Å². The summed E-state index contributed by atoms with van der Waals surface area (Å²) in [6.45, 7) is 7.99. The Morgan fingerprint density at radius 1 is 0.550 bits per heavy atom. The average molecular weight is 527 g/mol. The second-order valence-corrected chi connectivity index (χ2v) is 10.8. The molecule has 40 heavy (non-hydrogen) atoms. The molecule has 0 saturated carbocycles. The minimum atomic E-state index is 0.851. The van der Waals surface area contributed by atoms with Gasteiger partial charge in [0, 0.05) is 12.8 Å². The molecule has 4 aromatic carbocycles. The van der Waals surface area contributed by atoms with Crippen LogP contribution < -0.4 is 9.13 Å². The molecule has 6 aromatic rings. The molecule has 0 atom stereocenters. The Kier molecular flexibility index (Phi) is 7.58. The quantitative estimate of drug-likeness (QED) is 0.143. The van der Waals surface area contributed by atoms with Crippen LogP contribution in [0.15, 0.2) is 122 Å². The van der Waals surface area contributed by atoms with Crippen LogP contribution in [0.1, 0.15) is 22.3 Å². The zero-order valence-electron chi connectivity index (χ0n) is 23.6. The summed E-state index contributed by atoms with van der Waals surface area (Å²) in [5, 5.41) is 0. The number of hydrogen-bond donors (Lipinski definition) is 0. The molecule has 4 nitrogen and oxygen atoms in total. The van der Waals surface area contributed by atoms with Crippen LogP contribution in [0.25, 0.3) is 22.1 Å². The molecule has 0 aliphatic carbocycles. The fourth-order valence-electron chi connectivity index (χ4n) is 5.61. The molecule has 0 aliphatic heterocycles. The number of hydrogen-bond acceptors (Lipinski definition) is 0. The zero-order chi connectivity index (χ0) is 27.3. The van der Waals surface area contributed by atoms with Crippen LogP contribution in [0.2, 0.25) is 0 Å². The molecule has 6 rings (SSSR count). The first-order valence-corrected chi connectivity index (χ1v) is 14.3. The lowest BCUT2D eigenvalue weighted by molar-refractivity contribution is -0.666. The molecule has 0 radical (unpaired) electrons. The summed E-state index contributed by atoms with van der Waals surface area (Å²) in [4.78, 5) is 0. The highest BCUT2D eigenvalue weighted by atomic mass is 15.1. The number of benzene rings is 4.